The summed E-state index contributed by atoms with van der Waals surface area (Å²) in [4.78, 5) is 12.1. The standard InChI is InChI=1S/C9H15N3OS/c1-3-6(2)5-11-9(13)7-4-8(10)12-14-7/h4,6H,3,5H2,1-2H3,(H2,10,12)(H,11,13)/t6-/m0/s1. The number of aromatic nitrogens is 1. The van der Waals surface area contributed by atoms with Crippen molar-refractivity contribution in [3.8, 4) is 0 Å². The van der Waals surface area contributed by atoms with Crippen LogP contribution < -0.4 is 11.1 Å². The summed E-state index contributed by atoms with van der Waals surface area (Å²) in [6.45, 7) is 4.90. The molecule has 0 aliphatic rings. The molecule has 0 saturated carbocycles. The minimum Gasteiger partial charge on any atom is -0.383 e. The predicted molar refractivity (Wildman–Crippen MR) is 58.3 cm³/mol. The molecule has 0 aromatic carbocycles. The third kappa shape index (κ3) is 2.99. The van der Waals surface area contributed by atoms with Gasteiger partial charge in [0.1, 0.15) is 10.7 Å². The minimum atomic E-state index is -0.0838. The van der Waals surface area contributed by atoms with Gasteiger partial charge >= 0.3 is 0 Å². The Hall–Kier alpha value is -1.10. The van der Waals surface area contributed by atoms with Crippen molar-refractivity contribution < 1.29 is 4.79 Å². The van der Waals surface area contributed by atoms with Gasteiger partial charge in [0.15, 0.2) is 0 Å². The largest absolute Gasteiger partial charge is 0.383 e. The lowest BCUT2D eigenvalue weighted by Crippen LogP contribution is -2.27. The van der Waals surface area contributed by atoms with E-state index in [1.54, 1.807) is 6.07 Å². The Bertz CT molecular complexity index is 311. The second kappa shape index (κ2) is 4.95. The first-order valence-corrected chi connectivity index (χ1v) is 5.41. The molecule has 1 atom stereocenters. The predicted octanol–water partition coefficient (Wildman–Crippen LogP) is 1.50. The summed E-state index contributed by atoms with van der Waals surface area (Å²) < 4.78 is 3.84. The summed E-state index contributed by atoms with van der Waals surface area (Å²) in [6, 6.07) is 1.59. The molecule has 0 unspecified atom stereocenters. The number of carbonyl (C=O) groups excluding carboxylic acids is 1. The van der Waals surface area contributed by atoms with Crippen LogP contribution in [0.5, 0.6) is 0 Å². The van der Waals surface area contributed by atoms with E-state index in [1.165, 1.54) is 0 Å². The van der Waals surface area contributed by atoms with Crippen molar-refractivity contribution in [1.82, 2.24) is 9.69 Å². The topological polar surface area (TPSA) is 68.0 Å². The number of anilines is 1. The highest BCUT2D eigenvalue weighted by Gasteiger charge is 2.09. The van der Waals surface area contributed by atoms with Crippen molar-refractivity contribution in [2.24, 2.45) is 5.92 Å². The summed E-state index contributed by atoms with van der Waals surface area (Å²) >= 11 is 1.13. The molecule has 4 nitrogen and oxygen atoms in total. The summed E-state index contributed by atoms with van der Waals surface area (Å²) in [7, 11) is 0. The monoisotopic (exact) mass is 213 g/mol. The molecular weight excluding hydrogens is 198 g/mol. The second-order valence-corrected chi connectivity index (χ2v) is 4.14. The molecule has 0 aliphatic heterocycles. The van der Waals surface area contributed by atoms with Gasteiger partial charge in [0.05, 0.1) is 0 Å². The third-order valence-corrected chi connectivity index (χ3v) is 2.86. The Balaban J connectivity index is 2.43. The molecule has 3 N–H and O–H groups in total. The van der Waals surface area contributed by atoms with Crippen molar-refractivity contribution in [3.63, 3.8) is 0 Å². The van der Waals surface area contributed by atoms with Gasteiger partial charge in [-0.2, -0.15) is 4.37 Å². The van der Waals surface area contributed by atoms with Gasteiger partial charge in [-0.05, 0) is 17.5 Å². The quantitative estimate of drug-likeness (QED) is 0.796. The molecule has 1 heterocycles. The normalized spacial score (nSPS) is 12.4. The first kappa shape index (κ1) is 11.0. The molecule has 0 radical (unpaired) electrons. The molecule has 1 aromatic heterocycles. The number of nitrogen functional groups attached to an aromatic ring is 1. The van der Waals surface area contributed by atoms with Gasteiger partial charge < -0.3 is 11.1 Å². The van der Waals surface area contributed by atoms with Gasteiger partial charge in [-0.3, -0.25) is 4.79 Å². The number of nitrogens with one attached hydrogen (secondary N) is 1. The van der Waals surface area contributed by atoms with Crippen LogP contribution >= 0.6 is 11.5 Å². The highest BCUT2D eigenvalue weighted by atomic mass is 32.1. The van der Waals surface area contributed by atoms with E-state index >= 15 is 0 Å². The Morgan fingerprint density at radius 1 is 1.79 bits per heavy atom. The first-order chi connectivity index (χ1) is 6.63. The van der Waals surface area contributed by atoms with Crippen molar-refractivity contribution in [1.29, 1.82) is 0 Å². The number of rotatable bonds is 4. The summed E-state index contributed by atoms with van der Waals surface area (Å²) in [6.07, 6.45) is 1.06. The average molecular weight is 213 g/mol. The van der Waals surface area contributed by atoms with Gasteiger partial charge in [-0.1, -0.05) is 20.3 Å². The maximum absolute atomic E-state index is 11.5. The molecule has 0 fully saturated rings. The second-order valence-electron chi connectivity index (χ2n) is 3.34. The number of amides is 1. The fraction of sp³-hybridized carbons (Fsp3) is 0.556. The Kier molecular flexibility index (Phi) is 3.88. The number of nitrogens with zero attached hydrogens (tertiary/aromatic N) is 1. The van der Waals surface area contributed by atoms with Crippen LogP contribution in [0, 0.1) is 5.92 Å². The van der Waals surface area contributed by atoms with E-state index in [-0.39, 0.29) is 5.91 Å². The zero-order chi connectivity index (χ0) is 10.6. The van der Waals surface area contributed by atoms with E-state index in [0.29, 0.717) is 23.2 Å². The highest BCUT2D eigenvalue weighted by molar-refractivity contribution is 7.08. The Morgan fingerprint density at radius 3 is 3.00 bits per heavy atom. The van der Waals surface area contributed by atoms with Gasteiger partial charge in [0.25, 0.3) is 5.91 Å². The van der Waals surface area contributed by atoms with Crippen molar-refractivity contribution in [3.05, 3.63) is 10.9 Å². The highest BCUT2D eigenvalue weighted by Crippen LogP contribution is 2.11. The fourth-order valence-corrected chi connectivity index (χ4v) is 1.48. The summed E-state index contributed by atoms with van der Waals surface area (Å²) in [5.74, 6) is 0.826. The van der Waals surface area contributed by atoms with Crippen LogP contribution in [-0.2, 0) is 0 Å². The number of hydrogen-bond acceptors (Lipinski definition) is 4. The molecule has 14 heavy (non-hydrogen) atoms. The lowest BCUT2D eigenvalue weighted by Gasteiger charge is -2.08. The molecule has 1 amide bonds. The van der Waals surface area contributed by atoms with Crippen LogP contribution in [0.25, 0.3) is 0 Å². The number of hydrogen-bond donors (Lipinski definition) is 2. The SMILES string of the molecule is CC[C@H](C)CNC(=O)c1cc(N)ns1. The van der Waals surface area contributed by atoms with E-state index in [1.807, 2.05) is 0 Å². The zero-order valence-corrected chi connectivity index (χ0v) is 9.23. The number of nitrogens with two attached hydrogens (primary N) is 1. The maximum atomic E-state index is 11.5. The minimum absolute atomic E-state index is 0.0838. The number of carbonyl (C=O) groups is 1. The van der Waals surface area contributed by atoms with Crippen LogP contribution in [0.2, 0.25) is 0 Å². The van der Waals surface area contributed by atoms with Crippen LogP contribution in [0.3, 0.4) is 0 Å². The molecule has 0 bridgehead atoms. The maximum Gasteiger partial charge on any atom is 0.263 e. The van der Waals surface area contributed by atoms with Crippen molar-refractivity contribution in [2.45, 2.75) is 20.3 Å². The first-order valence-electron chi connectivity index (χ1n) is 4.63. The molecule has 0 aliphatic carbocycles. The third-order valence-electron chi connectivity index (χ3n) is 2.06. The van der Waals surface area contributed by atoms with Crippen LogP contribution in [-0.4, -0.2) is 16.8 Å². The van der Waals surface area contributed by atoms with E-state index in [2.05, 4.69) is 23.5 Å². The van der Waals surface area contributed by atoms with Gasteiger partial charge in [0, 0.05) is 12.6 Å². The fourth-order valence-electron chi connectivity index (χ4n) is 0.894. The molecule has 5 heteroatoms. The molecular formula is C9H15N3OS. The van der Waals surface area contributed by atoms with Crippen LogP contribution in [0.4, 0.5) is 5.82 Å². The van der Waals surface area contributed by atoms with E-state index < -0.39 is 0 Å². The lowest BCUT2D eigenvalue weighted by molar-refractivity contribution is 0.0952. The Morgan fingerprint density at radius 2 is 2.50 bits per heavy atom. The van der Waals surface area contributed by atoms with Crippen molar-refractivity contribution in [2.75, 3.05) is 12.3 Å². The van der Waals surface area contributed by atoms with Gasteiger partial charge in [-0.25, -0.2) is 0 Å². The van der Waals surface area contributed by atoms with Crippen LogP contribution in [0.1, 0.15) is 29.9 Å². The molecule has 78 valence electrons. The van der Waals surface area contributed by atoms with Gasteiger partial charge in [0.2, 0.25) is 0 Å². The molecule has 0 spiro atoms. The van der Waals surface area contributed by atoms with Crippen molar-refractivity contribution >= 4 is 23.3 Å². The molecule has 1 aromatic rings. The summed E-state index contributed by atoms with van der Waals surface area (Å²) in [5.41, 5.74) is 5.42. The Labute approximate surface area is 87.7 Å². The molecule has 1 rings (SSSR count). The molecule has 0 saturated heterocycles. The smallest absolute Gasteiger partial charge is 0.263 e. The van der Waals surface area contributed by atoms with E-state index in [9.17, 15) is 4.79 Å². The lowest BCUT2D eigenvalue weighted by atomic mass is 10.1. The van der Waals surface area contributed by atoms with E-state index in [0.717, 1.165) is 18.0 Å². The van der Waals surface area contributed by atoms with Crippen LogP contribution in [0.15, 0.2) is 6.07 Å². The zero-order valence-electron chi connectivity index (χ0n) is 8.41. The summed E-state index contributed by atoms with van der Waals surface area (Å²) in [5, 5.41) is 2.84. The van der Waals surface area contributed by atoms with Gasteiger partial charge in [-0.15, -0.1) is 0 Å². The average Bonchev–Trinajstić information content (AvgIpc) is 2.60. The van der Waals surface area contributed by atoms with E-state index in [4.69, 9.17) is 5.73 Å².